The summed E-state index contributed by atoms with van der Waals surface area (Å²) in [6, 6.07) is 27.0. The van der Waals surface area contributed by atoms with Crippen molar-refractivity contribution in [1.29, 1.82) is 0 Å². The predicted molar refractivity (Wildman–Crippen MR) is 122 cm³/mol. The molecule has 3 aromatic carbocycles. The van der Waals surface area contributed by atoms with Gasteiger partial charge in [0.25, 0.3) is 0 Å². The van der Waals surface area contributed by atoms with Crippen LogP contribution in [0.1, 0.15) is 5.56 Å². The molecule has 138 valence electrons. The molecular weight excluding hydrogens is 430 g/mol. The van der Waals surface area contributed by atoms with Crippen molar-refractivity contribution < 1.29 is 0 Å². The number of hydrogen-bond donors (Lipinski definition) is 0. The zero-order valence-electron chi connectivity index (χ0n) is 15.3. The van der Waals surface area contributed by atoms with Gasteiger partial charge in [-0.25, -0.2) is 4.68 Å². The van der Waals surface area contributed by atoms with E-state index in [0.717, 1.165) is 26.1 Å². The van der Waals surface area contributed by atoms with E-state index in [-0.39, 0.29) is 0 Å². The van der Waals surface area contributed by atoms with Gasteiger partial charge in [-0.05, 0) is 17.2 Å². The summed E-state index contributed by atoms with van der Waals surface area (Å²) in [7, 11) is 1.79. The Morgan fingerprint density at radius 1 is 0.821 bits per heavy atom. The summed E-state index contributed by atoms with van der Waals surface area (Å²) in [5, 5.41) is 6.80. The smallest absolute Gasteiger partial charge is 0.205 e. The number of halogens is 1. The average molecular weight is 448 g/mol. The van der Waals surface area contributed by atoms with E-state index in [9.17, 15) is 0 Å². The molecule has 5 heteroatoms. The van der Waals surface area contributed by atoms with Gasteiger partial charge in [0.1, 0.15) is 0 Å². The van der Waals surface area contributed by atoms with E-state index in [1.165, 1.54) is 11.1 Å². The minimum Gasteiger partial charge on any atom is -0.261 e. The fourth-order valence-corrected chi connectivity index (χ4v) is 4.12. The summed E-state index contributed by atoms with van der Waals surface area (Å²) in [4.78, 5) is 5.22. The van der Waals surface area contributed by atoms with Gasteiger partial charge in [-0.2, -0.15) is 5.10 Å². The SMILES string of the molecule is CN=c1scc(-c2ccc(-c3ccccc3)cc2)n1N=Cc1ccccc1Br. The molecule has 0 saturated heterocycles. The highest BCUT2D eigenvalue weighted by Crippen LogP contribution is 2.25. The highest BCUT2D eigenvalue weighted by Gasteiger charge is 2.08. The third kappa shape index (κ3) is 3.91. The van der Waals surface area contributed by atoms with Crippen LogP contribution in [0.3, 0.4) is 0 Å². The Morgan fingerprint density at radius 3 is 2.18 bits per heavy atom. The fraction of sp³-hybridized carbons (Fsp3) is 0.0435. The summed E-state index contributed by atoms with van der Waals surface area (Å²) in [6.45, 7) is 0. The molecule has 0 atom stereocenters. The quantitative estimate of drug-likeness (QED) is 0.340. The standard InChI is InChI=1S/C23H18BrN3S/c1-25-23-27(26-15-20-9-5-6-10-21(20)24)22(16-28-23)19-13-11-18(12-14-19)17-7-3-2-4-8-17/h2-16H,1H3. The number of hydrogen-bond acceptors (Lipinski definition) is 3. The van der Waals surface area contributed by atoms with Crippen LogP contribution < -0.4 is 4.80 Å². The Kier molecular flexibility index (Phi) is 5.65. The average Bonchev–Trinajstić information content (AvgIpc) is 3.17. The van der Waals surface area contributed by atoms with Crippen LogP contribution in [0.15, 0.2) is 98.8 Å². The van der Waals surface area contributed by atoms with Crippen LogP contribution in [-0.4, -0.2) is 17.9 Å². The molecular formula is C23H18BrN3S. The van der Waals surface area contributed by atoms with E-state index in [1.54, 1.807) is 18.4 Å². The van der Waals surface area contributed by atoms with Gasteiger partial charge in [0.2, 0.25) is 4.80 Å². The minimum atomic E-state index is 0.852. The molecule has 0 unspecified atom stereocenters. The summed E-state index contributed by atoms with van der Waals surface area (Å²) in [5.74, 6) is 0. The monoisotopic (exact) mass is 447 g/mol. The van der Waals surface area contributed by atoms with Crippen LogP contribution >= 0.6 is 27.3 Å². The van der Waals surface area contributed by atoms with Gasteiger partial charge in [-0.3, -0.25) is 4.99 Å². The molecule has 28 heavy (non-hydrogen) atoms. The second kappa shape index (κ2) is 8.50. The van der Waals surface area contributed by atoms with E-state index < -0.39 is 0 Å². The van der Waals surface area contributed by atoms with Gasteiger partial charge in [-0.15, -0.1) is 11.3 Å². The molecule has 0 bridgehead atoms. The highest BCUT2D eigenvalue weighted by molar-refractivity contribution is 9.10. The Morgan fingerprint density at radius 2 is 1.46 bits per heavy atom. The van der Waals surface area contributed by atoms with Crippen molar-refractivity contribution in [3.63, 3.8) is 0 Å². The van der Waals surface area contributed by atoms with Crippen LogP contribution in [0.4, 0.5) is 0 Å². The molecule has 1 aromatic heterocycles. The van der Waals surface area contributed by atoms with Crippen molar-refractivity contribution >= 4 is 33.5 Å². The molecule has 0 saturated carbocycles. The van der Waals surface area contributed by atoms with Crippen molar-refractivity contribution in [2.45, 2.75) is 0 Å². The lowest BCUT2D eigenvalue weighted by Crippen LogP contribution is -2.11. The molecule has 0 amide bonds. The van der Waals surface area contributed by atoms with E-state index in [0.29, 0.717) is 0 Å². The molecule has 4 aromatic rings. The maximum absolute atomic E-state index is 4.70. The number of benzene rings is 3. The van der Waals surface area contributed by atoms with Crippen molar-refractivity contribution in [2.75, 3.05) is 7.05 Å². The fourth-order valence-electron chi connectivity index (χ4n) is 2.92. The zero-order chi connectivity index (χ0) is 19.3. The van der Waals surface area contributed by atoms with E-state index in [2.05, 4.69) is 74.8 Å². The second-order valence-electron chi connectivity index (χ2n) is 6.15. The Balaban J connectivity index is 1.71. The molecule has 4 rings (SSSR count). The number of aromatic nitrogens is 1. The first-order chi connectivity index (χ1) is 13.8. The van der Waals surface area contributed by atoms with E-state index in [4.69, 9.17) is 5.10 Å². The number of nitrogens with zero attached hydrogens (tertiary/aromatic N) is 3. The van der Waals surface area contributed by atoms with Crippen molar-refractivity contribution in [3.05, 3.63) is 99.1 Å². The molecule has 0 radical (unpaired) electrons. The van der Waals surface area contributed by atoms with E-state index in [1.807, 2.05) is 41.2 Å². The molecule has 0 aliphatic heterocycles. The predicted octanol–water partition coefficient (Wildman–Crippen LogP) is 6.06. The zero-order valence-corrected chi connectivity index (χ0v) is 17.7. The highest BCUT2D eigenvalue weighted by atomic mass is 79.9. The minimum absolute atomic E-state index is 0.852. The van der Waals surface area contributed by atoms with Crippen LogP contribution in [0.25, 0.3) is 22.4 Å². The van der Waals surface area contributed by atoms with Crippen LogP contribution in [-0.2, 0) is 0 Å². The Labute approximate surface area is 176 Å². The second-order valence-corrected chi connectivity index (χ2v) is 7.84. The number of thiazole rings is 1. The maximum atomic E-state index is 4.70. The molecule has 0 fully saturated rings. The molecule has 0 aliphatic carbocycles. The van der Waals surface area contributed by atoms with Gasteiger partial charge in [-0.1, -0.05) is 88.7 Å². The molecule has 0 N–H and O–H groups in total. The van der Waals surface area contributed by atoms with E-state index >= 15 is 0 Å². The van der Waals surface area contributed by atoms with Gasteiger partial charge in [0.15, 0.2) is 0 Å². The Bertz CT molecular complexity index is 1170. The lowest BCUT2D eigenvalue weighted by atomic mass is 10.0. The summed E-state index contributed by atoms with van der Waals surface area (Å²) in [6.07, 6.45) is 1.85. The number of rotatable bonds is 4. The third-order valence-corrected chi connectivity index (χ3v) is 6.01. The first kappa shape index (κ1) is 18.6. The van der Waals surface area contributed by atoms with Crippen molar-refractivity contribution in [3.8, 4) is 22.4 Å². The maximum Gasteiger partial charge on any atom is 0.205 e. The summed E-state index contributed by atoms with van der Waals surface area (Å²) >= 11 is 5.15. The third-order valence-electron chi connectivity index (χ3n) is 4.38. The van der Waals surface area contributed by atoms with Crippen LogP contribution in [0, 0.1) is 0 Å². The first-order valence-electron chi connectivity index (χ1n) is 8.84. The van der Waals surface area contributed by atoms with Crippen molar-refractivity contribution in [2.24, 2.45) is 10.1 Å². The normalized spacial score (nSPS) is 12.0. The molecule has 0 spiro atoms. The van der Waals surface area contributed by atoms with Gasteiger partial charge in [0.05, 0.1) is 11.9 Å². The van der Waals surface area contributed by atoms with Gasteiger partial charge >= 0.3 is 0 Å². The first-order valence-corrected chi connectivity index (χ1v) is 10.5. The Hall–Kier alpha value is -2.76. The molecule has 1 heterocycles. The van der Waals surface area contributed by atoms with Gasteiger partial charge in [0, 0.05) is 28.0 Å². The van der Waals surface area contributed by atoms with Crippen molar-refractivity contribution in [1.82, 2.24) is 4.68 Å². The van der Waals surface area contributed by atoms with Crippen LogP contribution in [0.5, 0.6) is 0 Å². The lowest BCUT2D eigenvalue weighted by molar-refractivity contribution is 0.848. The largest absolute Gasteiger partial charge is 0.261 e. The van der Waals surface area contributed by atoms with Gasteiger partial charge < -0.3 is 0 Å². The lowest BCUT2D eigenvalue weighted by Gasteiger charge is -2.06. The van der Waals surface area contributed by atoms with Crippen LogP contribution in [0.2, 0.25) is 0 Å². The topological polar surface area (TPSA) is 29.6 Å². The summed E-state index contributed by atoms with van der Waals surface area (Å²) < 4.78 is 2.90. The molecule has 0 aliphatic rings. The molecule has 3 nitrogen and oxygen atoms in total. The summed E-state index contributed by atoms with van der Waals surface area (Å²) in [5.41, 5.74) is 5.56.